The maximum absolute atomic E-state index is 13.2. The number of nitro groups is 1. The Balaban J connectivity index is 1.57. The Labute approximate surface area is 167 Å². The first kappa shape index (κ1) is 19.3. The number of benzene rings is 1. The monoisotopic (exact) mass is 401 g/mol. The second-order valence-corrected chi connectivity index (χ2v) is 7.33. The molecule has 3 aliphatic rings. The molecule has 29 heavy (non-hydrogen) atoms. The number of likely N-dealkylation sites (N-methyl/N-ethyl adjacent to an activating group) is 1. The van der Waals surface area contributed by atoms with Gasteiger partial charge in [0.25, 0.3) is 11.6 Å². The molecule has 4 rings (SSSR count). The number of rotatable bonds is 5. The number of hydrogen-bond donors (Lipinski definition) is 1. The van der Waals surface area contributed by atoms with Gasteiger partial charge in [0.2, 0.25) is 0 Å². The van der Waals surface area contributed by atoms with Crippen LogP contribution in [0.4, 0.5) is 10.5 Å². The summed E-state index contributed by atoms with van der Waals surface area (Å²) in [7, 11) is 1.63. The molecule has 154 valence electrons. The van der Waals surface area contributed by atoms with E-state index in [2.05, 4.69) is 10.2 Å². The standard InChI is InChI=1S/C19H23N5O5/c1-21-15-12-23(6-5-22-7-9-29-10-8-22)18(25)16(15)17(20-19(21)26)13-3-2-4-14(11-13)24(27)28/h2-4,11,17H,5-10,12H2,1H3,(H,20,26). The van der Waals surface area contributed by atoms with E-state index in [9.17, 15) is 19.7 Å². The molecule has 0 saturated carbocycles. The van der Waals surface area contributed by atoms with Gasteiger partial charge >= 0.3 is 6.03 Å². The summed E-state index contributed by atoms with van der Waals surface area (Å²) in [6, 6.07) is 5.02. The van der Waals surface area contributed by atoms with Crippen molar-refractivity contribution in [1.29, 1.82) is 0 Å². The average Bonchev–Trinajstić information content (AvgIpc) is 3.06. The van der Waals surface area contributed by atoms with E-state index in [-0.39, 0.29) is 17.6 Å². The minimum Gasteiger partial charge on any atom is -0.379 e. The van der Waals surface area contributed by atoms with Gasteiger partial charge in [-0.15, -0.1) is 0 Å². The third-order valence-corrected chi connectivity index (χ3v) is 5.64. The van der Waals surface area contributed by atoms with Crippen LogP contribution in [0.5, 0.6) is 0 Å². The van der Waals surface area contributed by atoms with E-state index in [1.165, 1.54) is 17.0 Å². The van der Waals surface area contributed by atoms with Crippen molar-refractivity contribution in [3.05, 3.63) is 51.2 Å². The van der Waals surface area contributed by atoms with Gasteiger partial charge < -0.3 is 15.0 Å². The lowest BCUT2D eigenvalue weighted by atomic mass is 9.95. The van der Waals surface area contributed by atoms with Crippen LogP contribution in [-0.4, -0.2) is 84.5 Å². The van der Waals surface area contributed by atoms with Crippen molar-refractivity contribution >= 4 is 17.6 Å². The maximum atomic E-state index is 13.2. The molecule has 10 nitrogen and oxygen atoms in total. The highest BCUT2D eigenvalue weighted by Crippen LogP contribution is 2.36. The van der Waals surface area contributed by atoms with E-state index < -0.39 is 11.0 Å². The SMILES string of the molecule is CN1C(=O)NC(c2cccc([N+](=O)[O-])c2)C2=C1CN(CCN1CCOCC1)C2=O. The molecule has 1 saturated heterocycles. The number of nitro benzene ring substituents is 1. The minimum atomic E-state index is -0.700. The van der Waals surface area contributed by atoms with Crippen molar-refractivity contribution in [2.24, 2.45) is 0 Å². The number of hydrogen-bond acceptors (Lipinski definition) is 6. The summed E-state index contributed by atoms with van der Waals surface area (Å²) in [5.41, 5.74) is 1.58. The molecule has 1 aromatic carbocycles. The van der Waals surface area contributed by atoms with E-state index in [1.807, 2.05) is 0 Å². The predicted octanol–water partition coefficient (Wildman–Crippen LogP) is 0.719. The van der Waals surface area contributed by atoms with Crippen LogP contribution in [0.15, 0.2) is 35.5 Å². The van der Waals surface area contributed by atoms with Gasteiger partial charge in [-0.05, 0) is 5.56 Å². The Kier molecular flexibility index (Phi) is 5.20. The quantitative estimate of drug-likeness (QED) is 0.575. The summed E-state index contributed by atoms with van der Waals surface area (Å²) < 4.78 is 5.35. The largest absolute Gasteiger partial charge is 0.379 e. The summed E-state index contributed by atoms with van der Waals surface area (Å²) in [5.74, 6) is -0.142. The van der Waals surface area contributed by atoms with Crippen LogP contribution in [0.3, 0.4) is 0 Å². The number of nitrogens with zero attached hydrogens (tertiary/aromatic N) is 4. The Morgan fingerprint density at radius 2 is 2.00 bits per heavy atom. The summed E-state index contributed by atoms with van der Waals surface area (Å²) in [6.07, 6.45) is 0. The molecule has 1 atom stereocenters. The molecule has 1 fully saturated rings. The lowest BCUT2D eigenvalue weighted by Crippen LogP contribution is -2.45. The summed E-state index contributed by atoms with van der Waals surface area (Å²) in [6.45, 7) is 4.71. The molecule has 10 heteroatoms. The zero-order valence-corrected chi connectivity index (χ0v) is 16.2. The first-order valence-electron chi connectivity index (χ1n) is 9.56. The van der Waals surface area contributed by atoms with E-state index in [4.69, 9.17) is 4.74 Å². The number of amides is 3. The molecule has 3 heterocycles. The number of ether oxygens (including phenoxy) is 1. The third kappa shape index (κ3) is 3.68. The van der Waals surface area contributed by atoms with Crippen LogP contribution in [0, 0.1) is 10.1 Å². The summed E-state index contributed by atoms with van der Waals surface area (Å²) in [4.78, 5) is 41.7. The minimum absolute atomic E-state index is 0.0764. The van der Waals surface area contributed by atoms with Crippen molar-refractivity contribution in [2.75, 3.05) is 53.0 Å². The Morgan fingerprint density at radius 1 is 1.24 bits per heavy atom. The van der Waals surface area contributed by atoms with E-state index >= 15 is 0 Å². The molecular weight excluding hydrogens is 378 g/mol. The lowest BCUT2D eigenvalue weighted by Gasteiger charge is -2.31. The highest BCUT2D eigenvalue weighted by atomic mass is 16.6. The number of morpholine rings is 1. The second-order valence-electron chi connectivity index (χ2n) is 7.33. The van der Waals surface area contributed by atoms with Crippen LogP contribution in [0.2, 0.25) is 0 Å². The van der Waals surface area contributed by atoms with E-state index in [0.29, 0.717) is 43.1 Å². The normalized spacial score (nSPS) is 22.7. The Hall–Kier alpha value is -2.98. The molecule has 1 unspecified atom stereocenters. The fourth-order valence-corrected chi connectivity index (χ4v) is 3.96. The summed E-state index contributed by atoms with van der Waals surface area (Å²) >= 11 is 0. The zero-order chi connectivity index (χ0) is 20.5. The highest BCUT2D eigenvalue weighted by Gasteiger charge is 2.43. The molecule has 1 aromatic rings. The molecule has 3 amide bonds. The van der Waals surface area contributed by atoms with Crippen LogP contribution in [0.1, 0.15) is 11.6 Å². The Morgan fingerprint density at radius 3 is 2.72 bits per heavy atom. The van der Waals surface area contributed by atoms with Gasteiger partial charge in [0.05, 0.1) is 42.0 Å². The fraction of sp³-hybridized carbons (Fsp3) is 0.474. The second kappa shape index (κ2) is 7.80. The predicted molar refractivity (Wildman–Crippen MR) is 103 cm³/mol. The van der Waals surface area contributed by atoms with Gasteiger partial charge in [-0.2, -0.15) is 0 Å². The van der Waals surface area contributed by atoms with E-state index in [0.717, 1.165) is 19.6 Å². The van der Waals surface area contributed by atoms with Crippen LogP contribution >= 0.6 is 0 Å². The van der Waals surface area contributed by atoms with Crippen molar-refractivity contribution in [1.82, 2.24) is 20.0 Å². The van der Waals surface area contributed by atoms with Gasteiger partial charge in [0, 0.05) is 45.4 Å². The first-order chi connectivity index (χ1) is 14.0. The molecule has 0 spiro atoms. The zero-order valence-electron chi connectivity index (χ0n) is 16.2. The fourth-order valence-electron chi connectivity index (χ4n) is 3.96. The van der Waals surface area contributed by atoms with Crippen molar-refractivity contribution < 1.29 is 19.2 Å². The number of nitrogens with one attached hydrogen (secondary N) is 1. The van der Waals surface area contributed by atoms with Crippen LogP contribution in [-0.2, 0) is 9.53 Å². The molecule has 1 N–H and O–H groups in total. The maximum Gasteiger partial charge on any atom is 0.322 e. The van der Waals surface area contributed by atoms with Gasteiger partial charge in [0.1, 0.15) is 0 Å². The van der Waals surface area contributed by atoms with Gasteiger partial charge in [-0.3, -0.25) is 24.7 Å². The molecule has 0 radical (unpaired) electrons. The smallest absolute Gasteiger partial charge is 0.322 e. The topological polar surface area (TPSA) is 108 Å². The van der Waals surface area contributed by atoms with Gasteiger partial charge in [-0.1, -0.05) is 12.1 Å². The number of urea groups is 1. The number of carbonyl (C=O) groups excluding carboxylic acids is 2. The van der Waals surface area contributed by atoms with Gasteiger partial charge in [0.15, 0.2) is 0 Å². The van der Waals surface area contributed by atoms with Crippen LogP contribution in [0.25, 0.3) is 0 Å². The van der Waals surface area contributed by atoms with E-state index in [1.54, 1.807) is 24.1 Å². The number of non-ortho nitro benzene ring substituents is 1. The average molecular weight is 401 g/mol. The van der Waals surface area contributed by atoms with Crippen molar-refractivity contribution in [3.8, 4) is 0 Å². The first-order valence-corrected chi connectivity index (χ1v) is 9.56. The molecule has 0 bridgehead atoms. The Bertz CT molecular complexity index is 879. The van der Waals surface area contributed by atoms with Crippen LogP contribution < -0.4 is 5.32 Å². The third-order valence-electron chi connectivity index (χ3n) is 5.64. The number of carbonyl (C=O) groups is 2. The van der Waals surface area contributed by atoms with Crippen molar-refractivity contribution in [3.63, 3.8) is 0 Å². The van der Waals surface area contributed by atoms with Crippen molar-refractivity contribution in [2.45, 2.75) is 6.04 Å². The molecule has 0 aliphatic carbocycles. The highest BCUT2D eigenvalue weighted by molar-refractivity contribution is 6.01. The summed E-state index contributed by atoms with van der Waals surface area (Å²) in [5, 5.41) is 13.9. The molecule has 3 aliphatic heterocycles. The lowest BCUT2D eigenvalue weighted by molar-refractivity contribution is -0.384. The molecule has 0 aromatic heterocycles. The van der Waals surface area contributed by atoms with Gasteiger partial charge in [-0.25, -0.2) is 4.79 Å². The molecular formula is C19H23N5O5.